The quantitative estimate of drug-likeness (QED) is 0.659. The number of halogens is 3. The van der Waals surface area contributed by atoms with Crippen LogP contribution in [0.5, 0.6) is 0 Å². The summed E-state index contributed by atoms with van der Waals surface area (Å²) in [4.78, 5) is 0. The monoisotopic (exact) mass is 354 g/mol. The number of hydrogen-bond acceptors (Lipinski definition) is 3. The summed E-state index contributed by atoms with van der Waals surface area (Å²) in [6.07, 6.45) is -5.24. The van der Waals surface area contributed by atoms with Gasteiger partial charge in [-0.25, -0.2) is 0 Å². The number of rotatable bonds is 3. The van der Waals surface area contributed by atoms with Gasteiger partial charge in [-0.1, -0.05) is 54.5 Å². The standard InChI is InChI=1S/C17H14F3O3P/c1-23-24(22,13-12-14-8-4-2-5-9-14)16(21,17(18,19)20)15-10-6-3-7-11-15/h2-11,21H,1H3/t16-,24+/m1/s1. The van der Waals surface area contributed by atoms with Crippen LogP contribution < -0.4 is 0 Å². The van der Waals surface area contributed by atoms with Crippen LogP contribution in [0.1, 0.15) is 11.1 Å². The molecule has 0 aliphatic carbocycles. The molecule has 0 spiro atoms. The summed E-state index contributed by atoms with van der Waals surface area (Å²) in [5.74, 6) is 2.39. The molecule has 0 heterocycles. The van der Waals surface area contributed by atoms with Crippen molar-refractivity contribution < 1.29 is 27.4 Å². The molecule has 126 valence electrons. The minimum absolute atomic E-state index is 0.354. The Morgan fingerprint density at radius 2 is 1.50 bits per heavy atom. The smallest absolute Gasteiger partial charge is 0.367 e. The summed E-state index contributed by atoms with van der Waals surface area (Å²) in [5.41, 5.74) is 1.78. The van der Waals surface area contributed by atoms with Crippen molar-refractivity contribution in [2.75, 3.05) is 7.11 Å². The van der Waals surface area contributed by atoms with E-state index in [1.54, 1.807) is 30.3 Å². The third-order valence-corrected chi connectivity index (χ3v) is 5.66. The van der Waals surface area contributed by atoms with Gasteiger partial charge in [0.1, 0.15) is 0 Å². The molecule has 0 aliphatic heterocycles. The van der Waals surface area contributed by atoms with E-state index in [0.717, 1.165) is 19.2 Å². The second-order valence-electron chi connectivity index (χ2n) is 4.87. The first-order valence-electron chi connectivity index (χ1n) is 6.83. The lowest BCUT2D eigenvalue weighted by Crippen LogP contribution is -2.42. The highest BCUT2D eigenvalue weighted by atomic mass is 31.2. The van der Waals surface area contributed by atoms with Crippen molar-refractivity contribution in [3.63, 3.8) is 0 Å². The molecule has 2 rings (SSSR count). The van der Waals surface area contributed by atoms with Crippen LogP contribution in [0.15, 0.2) is 60.7 Å². The van der Waals surface area contributed by atoms with Gasteiger partial charge in [-0.2, -0.15) is 13.2 Å². The SMILES string of the molecule is CO[P@@](=O)(C#Cc1ccccc1)[C@](O)(c1ccccc1)C(F)(F)F. The lowest BCUT2D eigenvalue weighted by atomic mass is 10.1. The Morgan fingerprint density at radius 1 is 1.00 bits per heavy atom. The fraction of sp³-hybridized carbons (Fsp3) is 0.176. The largest absolute Gasteiger partial charge is 0.431 e. The highest BCUT2D eigenvalue weighted by molar-refractivity contribution is 7.65. The summed E-state index contributed by atoms with van der Waals surface area (Å²) in [6, 6.07) is 14.2. The van der Waals surface area contributed by atoms with Crippen LogP contribution in [0.25, 0.3) is 0 Å². The van der Waals surface area contributed by atoms with Gasteiger partial charge in [0.15, 0.2) is 0 Å². The third kappa shape index (κ3) is 3.25. The van der Waals surface area contributed by atoms with E-state index < -0.39 is 24.5 Å². The maximum absolute atomic E-state index is 13.6. The van der Waals surface area contributed by atoms with Crippen LogP contribution in [0, 0.1) is 11.6 Å². The van der Waals surface area contributed by atoms with E-state index in [0.29, 0.717) is 5.56 Å². The Kier molecular flexibility index (Phi) is 5.19. The fourth-order valence-corrected chi connectivity index (χ4v) is 3.71. The number of benzene rings is 2. The van der Waals surface area contributed by atoms with Gasteiger partial charge < -0.3 is 9.63 Å². The van der Waals surface area contributed by atoms with E-state index in [2.05, 4.69) is 10.4 Å². The summed E-state index contributed by atoms with van der Waals surface area (Å²) in [5, 5.41) is 6.68. The second kappa shape index (κ2) is 6.82. The van der Waals surface area contributed by atoms with E-state index in [-0.39, 0.29) is 0 Å². The van der Waals surface area contributed by atoms with Gasteiger partial charge in [0, 0.05) is 18.2 Å². The molecule has 0 amide bonds. The highest BCUT2D eigenvalue weighted by Gasteiger charge is 2.67. The van der Waals surface area contributed by atoms with Crippen molar-refractivity contribution in [3.8, 4) is 11.6 Å². The minimum Gasteiger partial charge on any atom is -0.367 e. The van der Waals surface area contributed by atoms with Gasteiger partial charge in [-0.15, -0.1) is 0 Å². The average molecular weight is 354 g/mol. The van der Waals surface area contributed by atoms with E-state index in [1.807, 2.05) is 5.66 Å². The van der Waals surface area contributed by atoms with Crippen LogP contribution in [-0.2, 0) is 14.4 Å². The Hall–Kier alpha value is -2.06. The number of alkyl halides is 3. The second-order valence-corrected chi connectivity index (χ2v) is 7.21. The highest BCUT2D eigenvalue weighted by Crippen LogP contribution is 2.67. The third-order valence-electron chi connectivity index (χ3n) is 3.38. The van der Waals surface area contributed by atoms with Crippen LogP contribution in [-0.4, -0.2) is 18.4 Å². The van der Waals surface area contributed by atoms with Gasteiger partial charge >= 0.3 is 13.5 Å². The molecule has 0 fully saturated rings. The van der Waals surface area contributed by atoms with Crippen molar-refractivity contribution in [2.45, 2.75) is 11.5 Å². The number of aliphatic hydroxyl groups is 1. The summed E-state index contributed by atoms with van der Waals surface area (Å²) >= 11 is 0. The molecular weight excluding hydrogens is 340 g/mol. The first-order chi connectivity index (χ1) is 11.2. The maximum atomic E-state index is 13.6. The van der Waals surface area contributed by atoms with Crippen molar-refractivity contribution in [1.29, 1.82) is 0 Å². The molecule has 2 aromatic rings. The molecule has 0 aromatic heterocycles. The molecule has 0 aliphatic rings. The van der Waals surface area contributed by atoms with Crippen molar-refractivity contribution in [2.24, 2.45) is 0 Å². The summed E-state index contributed by atoms with van der Waals surface area (Å²) in [7, 11) is -4.03. The van der Waals surface area contributed by atoms with Gasteiger partial charge in [0.2, 0.25) is 0 Å². The molecule has 3 nitrogen and oxygen atoms in total. The van der Waals surface area contributed by atoms with Gasteiger partial charge in [-0.05, 0) is 17.8 Å². The lowest BCUT2D eigenvalue weighted by Gasteiger charge is -2.33. The molecular formula is C17H14F3O3P. The van der Waals surface area contributed by atoms with Crippen LogP contribution in [0.3, 0.4) is 0 Å². The normalized spacial score (nSPS) is 16.4. The first kappa shape index (κ1) is 18.3. The topological polar surface area (TPSA) is 46.5 Å². The molecule has 2 aromatic carbocycles. The van der Waals surface area contributed by atoms with Crippen LogP contribution >= 0.6 is 7.37 Å². The molecule has 1 N–H and O–H groups in total. The van der Waals surface area contributed by atoms with Crippen molar-refractivity contribution in [1.82, 2.24) is 0 Å². The molecule has 2 atom stereocenters. The van der Waals surface area contributed by atoms with E-state index >= 15 is 0 Å². The molecule has 24 heavy (non-hydrogen) atoms. The zero-order valence-corrected chi connectivity index (χ0v) is 13.5. The van der Waals surface area contributed by atoms with Gasteiger partial charge in [0.05, 0.1) is 0 Å². The molecule has 7 heteroatoms. The predicted molar refractivity (Wildman–Crippen MR) is 84.3 cm³/mol. The lowest BCUT2D eigenvalue weighted by molar-refractivity contribution is -0.231. The maximum Gasteiger partial charge on any atom is 0.431 e. The first-order valence-corrected chi connectivity index (χ1v) is 8.46. The Morgan fingerprint density at radius 3 is 1.96 bits per heavy atom. The van der Waals surface area contributed by atoms with E-state index in [1.165, 1.54) is 18.2 Å². The zero-order chi connectivity index (χ0) is 17.8. The Balaban J connectivity index is 2.63. The Labute approximate surface area is 137 Å². The van der Waals surface area contributed by atoms with Gasteiger partial charge in [0.25, 0.3) is 5.34 Å². The minimum atomic E-state index is -5.24. The zero-order valence-electron chi connectivity index (χ0n) is 12.6. The summed E-state index contributed by atoms with van der Waals surface area (Å²) < 4.78 is 58.4. The molecule has 0 saturated heterocycles. The van der Waals surface area contributed by atoms with Crippen LogP contribution in [0.4, 0.5) is 13.2 Å². The van der Waals surface area contributed by atoms with E-state index in [4.69, 9.17) is 0 Å². The molecule has 0 radical (unpaired) electrons. The molecule has 0 saturated carbocycles. The number of hydrogen-bond donors (Lipinski definition) is 1. The summed E-state index contributed by atoms with van der Waals surface area (Å²) in [6.45, 7) is 0. The molecule has 0 bridgehead atoms. The average Bonchev–Trinajstić information content (AvgIpc) is 2.59. The van der Waals surface area contributed by atoms with Gasteiger partial charge in [-0.3, -0.25) is 4.57 Å². The van der Waals surface area contributed by atoms with Crippen molar-refractivity contribution in [3.05, 3.63) is 71.8 Å². The fourth-order valence-electron chi connectivity index (χ4n) is 2.09. The van der Waals surface area contributed by atoms with E-state index in [9.17, 15) is 22.8 Å². The van der Waals surface area contributed by atoms with Crippen LogP contribution in [0.2, 0.25) is 0 Å². The predicted octanol–water partition coefficient (Wildman–Crippen LogP) is 4.33. The van der Waals surface area contributed by atoms with Crippen molar-refractivity contribution >= 4 is 7.37 Å². The Bertz CT molecular complexity index is 795. The molecule has 0 unspecified atom stereocenters.